The van der Waals surface area contributed by atoms with Gasteiger partial charge in [-0.25, -0.2) is 0 Å². The van der Waals surface area contributed by atoms with E-state index < -0.39 is 0 Å². The minimum Gasteiger partial charge on any atom is -0.490 e. The second-order valence-electron chi connectivity index (χ2n) is 2.87. The Bertz CT molecular complexity index is 170. The lowest BCUT2D eigenvalue weighted by molar-refractivity contribution is 0.0974. The summed E-state index contributed by atoms with van der Waals surface area (Å²) in [6, 6.07) is 0. The van der Waals surface area contributed by atoms with E-state index in [0.29, 0.717) is 0 Å². The zero-order chi connectivity index (χ0) is 6.81. The van der Waals surface area contributed by atoms with Crippen molar-refractivity contribution in [3.63, 3.8) is 0 Å². The van der Waals surface area contributed by atoms with Gasteiger partial charge in [0.1, 0.15) is 12.4 Å². The molecule has 2 aliphatic rings. The standard InChI is InChI=1S/C8H11NO/c1-2-7(3-1)8-6-9-4-5-10-8/h4-8H,1-3H2. The highest BCUT2D eigenvalue weighted by molar-refractivity contribution is 5.65. The largest absolute Gasteiger partial charge is 0.490 e. The Labute approximate surface area is 60.6 Å². The maximum Gasteiger partial charge on any atom is 0.136 e. The van der Waals surface area contributed by atoms with Gasteiger partial charge in [-0.2, -0.15) is 0 Å². The number of hydrogen-bond donors (Lipinski definition) is 0. The van der Waals surface area contributed by atoms with Gasteiger partial charge >= 0.3 is 0 Å². The summed E-state index contributed by atoms with van der Waals surface area (Å²) < 4.78 is 5.35. The lowest BCUT2D eigenvalue weighted by Gasteiger charge is -2.31. The van der Waals surface area contributed by atoms with Gasteiger partial charge in [-0.05, 0) is 12.8 Å². The Kier molecular flexibility index (Phi) is 1.46. The van der Waals surface area contributed by atoms with Crippen LogP contribution in [-0.4, -0.2) is 12.3 Å². The Hall–Kier alpha value is -0.790. The third-order valence-corrected chi connectivity index (χ3v) is 2.23. The Morgan fingerprint density at radius 1 is 1.40 bits per heavy atom. The van der Waals surface area contributed by atoms with Crippen molar-refractivity contribution < 1.29 is 4.74 Å². The quantitative estimate of drug-likeness (QED) is 0.539. The Morgan fingerprint density at radius 2 is 2.30 bits per heavy atom. The summed E-state index contributed by atoms with van der Waals surface area (Å²) in [5.41, 5.74) is 0. The Morgan fingerprint density at radius 3 is 2.80 bits per heavy atom. The maximum absolute atomic E-state index is 5.35. The van der Waals surface area contributed by atoms with Gasteiger partial charge in [0.25, 0.3) is 0 Å². The first-order valence-electron chi connectivity index (χ1n) is 3.80. The predicted molar refractivity (Wildman–Crippen MR) is 39.8 cm³/mol. The van der Waals surface area contributed by atoms with E-state index in [0.717, 1.165) is 5.92 Å². The van der Waals surface area contributed by atoms with E-state index in [1.807, 2.05) is 6.21 Å². The van der Waals surface area contributed by atoms with E-state index in [1.54, 1.807) is 12.5 Å². The molecule has 2 heteroatoms. The summed E-state index contributed by atoms with van der Waals surface area (Å²) in [7, 11) is 0. The molecule has 0 aromatic carbocycles. The minimum atomic E-state index is 0.277. The second-order valence-corrected chi connectivity index (χ2v) is 2.87. The molecule has 1 aliphatic heterocycles. The number of rotatable bonds is 1. The first kappa shape index (κ1) is 5.96. The van der Waals surface area contributed by atoms with Crippen LogP contribution in [0.25, 0.3) is 0 Å². The monoisotopic (exact) mass is 137 g/mol. The van der Waals surface area contributed by atoms with Crippen LogP contribution in [0, 0.1) is 5.92 Å². The lowest BCUT2D eigenvalue weighted by Crippen LogP contribution is -2.30. The minimum absolute atomic E-state index is 0.277. The first-order chi connectivity index (χ1) is 4.97. The van der Waals surface area contributed by atoms with Gasteiger partial charge in [0, 0.05) is 12.1 Å². The summed E-state index contributed by atoms with van der Waals surface area (Å²) >= 11 is 0. The van der Waals surface area contributed by atoms with Crippen LogP contribution in [0.2, 0.25) is 0 Å². The van der Waals surface area contributed by atoms with Crippen molar-refractivity contribution in [3.8, 4) is 0 Å². The Balaban J connectivity index is 1.92. The summed E-state index contributed by atoms with van der Waals surface area (Å²) in [6.45, 7) is 0. The van der Waals surface area contributed by atoms with Gasteiger partial charge in [-0.15, -0.1) is 0 Å². The third-order valence-electron chi connectivity index (χ3n) is 2.23. The van der Waals surface area contributed by atoms with Crippen molar-refractivity contribution in [2.75, 3.05) is 0 Å². The van der Waals surface area contributed by atoms with E-state index in [1.165, 1.54) is 19.3 Å². The summed E-state index contributed by atoms with van der Waals surface area (Å²) in [5, 5.41) is 0. The van der Waals surface area contributed by atoms with Crippen molar-refractivity contribution in [3.05, 3.63) is 12.5 Å². The maximum atomic E-state index is 5.35. The summed E-state index contributed by atoms with van der Waals surface area (Å²) in [5.74, 6) is 0.744. The third kappa shape index (κ3) is 0.939. The molecule has 1 unspecified atom stereocenters. The SMILES string of the molecule is C1=COC(C2CCC2)C=N1. The molecule has 0 aromatic heterocycles. The molecule has 1 aliphatic carbocycles. The molecule has 0 amide bonds. The van der Waals surface area contributed by atoms with Crippen molar-refractivity contribution in [2.24, 2.45) is 10.9 Å². The normalized spacial score (nSPS) is 31.4. The smallest absolute Gasteiger partial charge is 0.136 e. The van der Waals surface area contributed by atoms with Gasteiger partial charge in [0.15, 0.2) is 0 Å². The molecule has 0 spiro atoms. The molecular weight excluding hydrogens is 126 g/mol. The summed E-state index contributed by atoms with van der Waals surface area (Å²) in [6.07, 6.45) is 9.54. The molecule has 0 saturated heterocycles. The van der Waals surface area contributed by atoms with Crippen LogP contribution in [0.4, 0.5) is 0 Å². The van der Waals surface area contributed by atoms with Crippen LogP contribution in [-0.2, 0) is 4.74 Å². The second kappa shape index (κ2) is 2.45. The number of aliphatic imine (C=N–C) groups is 1. The van der Waals surface area contributed by atoms with Crippen molar-refractivity contribution >= 4 is 6.21 Å². The number of nitrogens with zero attached hydrogens (tertiary/aromatic N) is 1. The van der Waals surface area contributed by atoms with E-state index in [2.05, 4.69) is 4.99 Å². The van der Waals surface area contributed by atoms with E-state index >= 15 is 0 Å². The molecule has 1 saturated carbocycles. The van der Waals surface area contributed by atoms with Gasteiger partial charge in [-0.1, -0.05) is 6.42 Å². The lowest BCUT2D eigenvalue weighted by atomic mass is 9.81. The van der Waals surface area contributed by atoms with Crippen LogP contribution in [0.1, 0.15) is 19.3 Å². The summed E-state index contributed by atoms with van der Waals surface area (Å²) in [4.78, 5) is 4.03. The molecule has 1 fully saturated rings. The fourth-order valence-electron chi connectivity index (χ4n) is 1.33. The average molecular weight is 137 g/mol. The van der Waals surface area contributed by atoms with Crippen LogP contribution in [0.3, 0.4) is 0 Å². The first-order valence-corrected chi connectivity index (χ1v) is 3.80. The highest BCUT2D eigenvalue weighted by Gasteiger charge is 2.27. The molecule has 0 N–H and O–H groups in total. The van der Waals surface area contributed by atoms with Crippen LogP contribution >= 0.6 is 0 Å². The zero-order valence-electron chi connectivity index (χ0n) is 5.86. The van der Waals surface area contributed by atoms with Gasteiger partial charge < -0.3 is 4.74 Å². The molecule has 2 rings (SSSR count). The number of ether oxygens (including phenoxy) is 1. The van der Waals surface area contributed by atoms with E-state index in [4.69, 9.17) is 4.74 Å². The molecule has 0 aromatic rings. The fraction of sp³-hybridized carbons (Fsp3) is 0.625. The predicted octanol–water partition coefficient (Wildman–Crippen LogP) is 1.73. The molecule has 1 atom stereocenters. The fourth-order valence-corrected chi connectivity index (χ4v) is 1.33. The molecule has 0 radical (unpaired) electrons. The topological polar surface area (TPSA) is 21.6 Å². The van der Waals surface area contributed by atoms with Crippen LogP contribution < -0.4 is 0 Å². The molecular formula is C8H11NO. The molecule has 2 nitrogen and oxygen atoms in total. The van der Waals surface area contributed by atoms with Crippen molar-refractivity contribution in [2.45, 2.75) is 25.4 Å². The van der Waals surface area contributed by atoms with E-state index in [-0.39, 0.29) is 6.10 Å². The molecule has 0 bridgehead atoms. The van der Waals surface area contributed by atoms with Gasteiger partial charge in [0.05, 0.1) is 6.20 Å². The van der Waals surface area contributed by atoms with Crippen molar-refractivity contribution in [1.82, 2.24) is 0 Å². The molecule has 54 valence electrons. The van der Waals surface area contributed by atoms with Crippen LogP contribution in [0.5, 0.6) is 0 Å². The zero-order valence-corrected chi connectivity index (χ0v) is 5.86. The van der Waals surface area contributed by atoms with E-state index in [9.17, 15) is 0 Å². The number of hydrogen-bond acceptors (Lipinski definition) is 2. The van der Waals surface area contributed by atoms with Gasteiger partial charge in [-0.3, -0.25) is 4.99 Å². The van der Waals surface area contributed by atoms with Gasteiger partial charge in [0.2, 0.25) is 0 Å². The highest BCUT2D eigenvalue weighted by atomic mass is 16.5. The highest BCUT2D eigenvalue weighted by Crippen LogP contribution is 2.31. The average Bonchev–Trinajstić information content (AvgIpc) is 1.86. The molecule has 1 heterocycles. The van der Waals surface area contributed by atoms with Crippen LogP contribution in [0.15, 0.2) is 17.5 Å². The molecule has 10 heavy (non-hydrogen) atoms. The van der Waals surface area contributed by atoms with Crippen molar-refractivity contribution in [1.29, 1.82) is 0 Å².